The summed E-state index contributed by atoms with van der Waals surface area (Å²) in [4.78, 5) is 4.83. The molecule has 18 heavy (non-hydrogen) atoms. The Morgan fingerprint density at radius 1 is 1.28 bits per heavy atom. The van der Waals surface area contributed by atoms with Gasteiger partial charge in [0.2, 0.25) is 0 Å². The van der Waals surface area contributed by atoms with Gasteiger partial charge in [0, 0.05) is 41.9 Å². The molecule has 100 valence electrons. The fourth-order valence-electron chi connectivity index (χ4n) is 2.45. The minimum Gasteiger partial charge on any atom is -0.389 e. The van der Waals surface area contributed by atoms with Crippen LogP contribution < -0.4 is 4.90 Å². The van der Waals surface area contributed by atoms with E-state index in [1.165, 1.54) is 0 Å². The van der Waals surface area contributed by atoms with Gasteiger partial charge in [-0.25, -0.2) is 0 Å². The summed E-state index contributed by atoms with van der Waals surface area (Å²) in [7, 11) is 0. The van der Waals surface area contributed by atoms with E-state index in [9.17, 15) is 5.11 Å². The van der Waals surface area contributed by atoms with Gasteiger partial charge < -0.3 is 14.9 Å². The van der Waals surface area contributed by atoms with Crippen LogP contribution in [0.2, 0.25) is 0 Å². The second-order valence-corrected chi connectivity index (χ2v) is 5.72. The van der Waals surface area contributed by atoms with Crippen molar-refractivity contribution in [1.29, 1.82) is 0 Å². The van der Waals surface area contributed by atoms with E-state index in [1.807, 2.05) is 19.1 Å². The van der Waals surface area contributed by atoms with Gasteiger partial charge in [0.1, 0.15) is 0 Å². The molecule has 0 amide bonds. The van der Waals surface area contributed by atoms with Gasteiger partial charge in [-0.05, 0) is 25.6 Å². The number of hydrogen-bond donors (Lipinski definition) is 1. The van der Waals surface area contributed by atoms with Crippen LogP contribution in [0.3, 0.4) is 0 Å². The number of rotatable bonds is 3. The van der Waals surface area contributed by atoms with E-state index in [2.05, 4.69) is 38.7 Å². The van der Waals surface area contributed by atoms with Gasteiger partial charge in [0.05, 0.1) is 6.10 Å². The first-order valence-electron chi connectivity index (χ1n) is 6.56. The van der Waals surface area contributed by atoms with Gasteiger partial charge >= 0.3 is 0 Å². The lowest BCUT2D eigenvalue weighted by atomic mass is 10.1. The Morgan fingerprint density at radius 3 is 2.50 bits per heavy atom. The zero-order valence-electron chi connectivity index (χ0n) is 11.1. The van der Waals surface area contributed by atoms with Crippen molar-refractivity contribution in [3.05, 3.63) is 28.2 Å². The van der Waals surface area contributed by atoms with E-state index < -0.39 is 6.10 Å². The van der Waals surface area contributed by atoms with Crippen molar-refractivity contribution in [2.45, 2.75) is 20.0 Å². The molecule has 1 saturated heterocycles. The highest BCUT2D eigenvalue weighted by molar-refractivity contribution is 9.10. The molecule has 1 atom stereocenters. The number of aliphatic hydroxyl groups is 1. The summed E-state index contributed by atoms with van der Waals surface area (Å²) in [6.45, 7) is 9.42. The van der Waals surface area contributed by atoms with Crippen molar-refractivity contribution >= 4 is 21.6 Å². The van der Waals surface area contributed by atoms with E-state index in [0.29, 0.717) is 0 Å². The molecule has 3 nitrogen and oxygen atoms in total. The molecule has 0 bridgehead atoms. The maximum Gasteiger partial charge on any atom is 0.0782 e. The first kappa shape index (κ1) is 13.8. The molecule has 1 aliphatic rings. The third-order valence-corrected chi connectivity index (χ3v) is 4.10. The second kappa shape index (κ2) is 6.04. The maximum atomic E-state index is 9.87. The standard InChI is InChI=1S/C14H21BrN2O/c1-3-16-6-8-17(9-7-16)14-10-12(15)4-5-13(14)11(2)18/h4-5,10-11,18H,3,6-9H2,1-2H3. The molecule has 0 spiro atoms. The second-order valence-electron chi connectivity index (χ2n) is 4.80. The smallest absolute Gasteiger partial charge is 0.0782 e. The topological polar surface area (TPSA) is 26.7 Å². The monoisotopic (exact) mass is 312 g/mol. The molecule has 1 aromatic carbocycles. The highest BCUT2D eigenvalue weighted by Gasteiger charge is 2.19. The first-order valence-corrected chi connectivity index (χ1v) is 7.36. The average Bonchev–Trinajstić information content (AvgIpc) is 2.38. The van der Waals surface area contributed by atoms with Crippen LogP contribution >= 0.6 is 15.9 Å². The minimum atomic E-state index is -0.419. The molecule has 1 heterocycles. The minimum absolute atomic E-state index is 0.419. The van der Waals surface area contributed by atoms with Crippen LogP contribution in [0, 0.1) is 0 Å². The quantitative estimate of drug-likeness (QED) is 0.929. The van der Waals surface area contributed by atoms with Crippen LogP contribution in [0.15, 0.2) is 22.7 Å². The van der Waals surface area contributed by atoms with Gasteiger partial charge in [-0.1, -0.05) is 28.9 Å². The average molecular weight is 313 g/mol. The molecule has 2 rings (SSSR count). The summed E-state index contributed by atoms with van der Waals surface area (Å²) in [5.74, 6) is 0. The van der Waals surface area contributed by atoms with Crippen molar-refractivity contribution in [1.82, 2.24) is 4.90 Å². The number of anilines is 1. The largest absolute Gasteiger partial charge is 0.389 e. The Labute approximate surface area is 118 Å². The van der Waals surface area contributed by atoms with E-state index in [1.54, 1.807) is 0 Å². The summed E-state index contributed by atoms with van der Waals surface area (Å²) in [6, 6.07) is 6.12. The molecule has 4 heteroatoms. The number of halogens is 1. The first-order chi connectivity index (χ1) is 8.61. The number of piperazine rings is 1. The lowest BCUT2D eigenvalue weighted by Gasteiger charge is -2.37. The number of nitrogens with zero attached hydrogens (tertiary/aromatic N) is 2. The molecule has 0 saturated carbocycles. The van der Waals surface area contributed by atoms with Gasteiger partial charge in [0.25, 0.3) is 0 Å². The number of benzene rings is 1. The van der Waals surface area contributed by atoms with Crippen LogP contribution in [-0.2, 0) is 0 Å². The van der Waals surface area contributed by atoms with Crippen LogP contribution in [0.4, 0.5) is 5.69 Å². The van der Waals surface area contributed by atoms with Crippen LogP contribution in [0.1, 0.15) is 25.5 Å². The van der Waals surface area contributed by atoms with Crippen molar-refractivity contribution < 1.29 is 5.11 Å². The predicted octanol–water partition coefficient (Wildman–Crippen LogP) is 2.64. The number of aliphatic hydroxyl groups excluding tert-OH is 1. The Bertz CT molecular complexity index is 401. The number of hydrogen-bond acceptors (Lipinski definition) is 3. The molecular weight excluding hydrogens is 292 g/mol. The molecule has 0 aromatic heterocycles. The normalized spacial score (nSPS) is 19.0. The van der Waals surface area contributed by atoms with Crippen molar-refractivity contribution in [2.75, 3.05) is 37.6 Å². The Balaban J connectivity index is 2.20. The summed E-state index contributed by atoms with van der Waals surface area (Å²) in [5, 5.41) is 9.87. The lowest BCUT2D eigenvalue weighted by molar-refractivity contribution is 0.199. The zero-order valence-corrected chi connectivity index (χ0v) is 12.7. The highest BCUT2D eigenvalue weighted by Crippen LogP contribution is 2.30. The fourth-order valence-corrected chi connectivity index (χ4v) is 2.80. The van der Waals surface area contributed by atoms with Crippen molar-refractivity contribution in [3.8, 4) is 0 Å². The fraction of sp³-hybridized carbons (Fsp3) is 0.571. The SMILES string of the molecule is CCN1CCN(c2cc(Br)ccc2C(C)O)CC1. The third kappa shape index (κ3) is 3.05. The zero-order chi connectivity index (χ0) is 13.1. The predicted molar refractivity (Wildman–Crippen MR) is 79.1 cm³/mol. The van der Waals surface area contributed by atoms with E-state index >= 15 is 0 Å². The van der Waals surface area contributed by atoms with Gasteiger partial charge in [-0.2, -0.15) is 0 Å². The molecule has 1 fully saturated rings. The molecule has 1 unspecified atom stereocenters. The van der Waals surface area contributed by atoms with Gasteiger partial charge in [0.15, 0.2) is 0 Å². The lowest BCUT2D eigenvalue weighted by Crippen LogP contribution is -2.46. The van der Waals surface area contributed by atoms with Crippen LogP contribution in [0.25, 0.3) is 0 Å². The van der Waals surface area contributed by atoms with E-state index in [-0.39, 0.29) is 0 Å². The summed E-state index contributed by atoms with van der Waals surface area (Å²) in [6.07, 6.45) is -0.419. The van der Waals surface area contributed by atoms with Gasteiger partial charge in [-0.3, -0.25) is 0 Å². The van der Waals surface area contributed by atoms with Crippen molar-refractivity contribution in [3.63, 3.8) is 0 Å². The third-order valence-electron chi connectivity index (χ3n) is 3.60. The van der Waals surface area contributed by atoms with Crippen LogP contribution in [0.5, 0.6) is 0 Å². The summed E-state index contributed by atoms with van der Waals surface area (Å²) >= 11 is 3.52. The molecule has 0 aliphatic carbocycles. The summed E-state index contributed by atoms with van der Waals surface area (Å²) in [5.41, 5.74) is 2.18. The Hall–Kier alpha value is -0.580. The van der Waals surface area contributed by atoms with Crippen molar-refractivity contribution in [2.24, 2.45) is 0 Å². The van der Waals surface area contributed by atoms with Gasteiger partial charge in [-0.15, -0.1) is 0 Å². The molecule has 1 aromatic rings. The van der Waals surface area contributed by atoms with Crippen LogP contribution in [-0.4, -0.2) is 42.7 Å². The Kier molecular flexibility index (Phi) is 4.65. The number of likely N-dealkylation sites (N-methyl/N-ethyl adjacent to an activating group) is 1. The molecule has 1 aliphatic heterocycles. The highest BCUT2D eigenvalue weighted by atomic mass is 79.9. The van der Waals surface area contributed by atoms with E-state index in [0.717, 1.165) is 48.4 Å². The molecule has 0 radical (unpaired) electrons. The summed E-state index contributed by atoms with van der Waals surface area (Å²) < 4.78 is 1.07. The molecule has 1 N–H and O–H groups in total. The maximum absolute atomic E-state index is 9.87. The van der Waals surface area contributed by atoms with E-state index in [4.69, 9.17) is 0 Å². The molecular formula is C14H21BrN2O. The Morgan fingerprint density at radius 2 is 1.94 bits per heavy atom.